The zero-order valence-electron chi connectivity index (χ0n) is 10.9. The zero-order chi connectivity index (χ0) is 12.1. The number of hydrogen-bond donors (Lipinski definition) is 1. The van der Waals surface area contributed by atoms with Crippen molar-refractivity contribution in [1.82, 2.24) is 0 Å². The number of rotatable bonds is 5. The summed E-state index contributed by atoms with van der Waals surface area (Å²) in [5.74, 6) is 2.30. The molecule has 0 radical (unpaired) electrons. The largest absolute Gasteiger partial charge is 0.508 e. The Bertz CT molecular complexity index is 300. The fraction of sp³-hybridized carbons (Fsp3) is 0.600. The molecule has 0 unspecified atom stereocenters. The summed E-state index contributed by atoms with van der Waals surface area (Å²) < 4.78 is 0. The smallest absolute Gasteiger partial charge is 0.115 e. The van der Waals surface area contributed by atoms with Crippen LogP contribution in [-0.2, 0) is 0 Å². The van der Waals surface area contributed by atoms with E-state index in [0.29, 0.717) is 23.5 Å². The third kappa shape index (κ3) is 3.26. The molecule has 0 saturated carbocycles. The Labute approximate surface area is 99.5 Å². The summed E-state index contributed by atoms with van der Waals surface area (Å²) in [5, 5.41) is 9.32. The van der Waals surface area contributed by atoms with Crippen molar-refractivity contribution in [2.75, 3.05) is 0 Å². The summed E-state index contributed by atoms with van der Waals surface area (Å²) in [5.41, 5.74) is 1.36. The van der Waals surface area contributed by atoms with Gasteiger partial charge >= 0.3 is 0 Å². The maximum atomic E-state index is 9.32. The molecule has 1 rings (SSSR count). The molecule has 0 spiro atoms. The van der Waals surface area contributed by atoms with Crippen molar-refractivity contribution >= 4 is 0 Å². The molecule has 1 heteroatoms. The van der Waals surface area contributed by atoms with Gasteiger partial charge in [0.2, 0.25) is 0 Å². The summed E-state index contributed by atoms with van der Waals surface area (Å²) in [6.07, 6.45) is 2.51. The molecule has 1 aromatic carbocycles. The minimum absolute atomic E-state index is 0.356. The minimum atomic E-state index is 0.356. The van der Waals surface area contributed by atoms with Crippen molar-refractivity contribution in [3.63, 3.8) is 0 Å². The molecule has 0 heterocycles. The average molecular weight is 220 g/mol. The first-order chi connectivity index (χ1) is 7.56. The molecule has 0 aromatic heterocycles. The molecule has 0 aliphatic rings. The normalized spacial score (nSPS) is 15.1. The van der Waals surface area contributed by atoms with Crippen molar-refractivity contribution in [3.05, 3.63) is 29.8 Å². The van der Waals surface area contributed by atoms with Gasteiger partial charge in [-0.3, -0.25) is 0 Å². The topological polar surface area (TPSA) is 20.2 Å². The quantitative estimate of drug-likeness (QED) is 0.770. The molecule has 16 heavy (non-hydrogen) atoms. The van der Waals surface area contributed by atoms with Gasteiger partial charge in [0.1, 0.15) is 5.75 Å². The predicted octanol–water partition coefficient (Wildman–Crippen LogP) is 4.57. The molecule has 90 valence electrons. The van der Waals surface area contributed by atoms with E-state index >= 15 is 0 Å². The van der Waals surface area contributed by atoms with E-state index in [9.17, 15) is 5.11 Å². The van der Waals surface area contributed by atoms with Crippen molar-refractivity contribution in [2.24, 2.45) is 11.8 Å². The van der Waals surface area contributed by atoms with E-state index in [2.05, 4.69) is 39.8 Å². The molecule has 0 aliphatic carbocycles. The first-order valence-corrected chi connectivity index (χ1v) is 6.35. The van der Waals surface area contributed by atoms with Gasteiger partial charge in [-0.25, -0.2) is 0 Å². The molecule has 0 amide bonds. The molecule has 2 atom stereocenters. The van der Waals surface area contributed by atoms with Crippen LogP contribution in [0.5, 0.6) is 5.75 Å². The molecule has 0 aliphatic heterocycles. The van der Waals surface area contributed by atoms with Gasteiger partial charge in [0, 0.05) is 0 Å². The van der Waals surface area contributed by atoms with Gasteiger partial charge in [-0.15, -0.1) is 0 Å². The Morgan fingerprint density at radius 3 is 2.06 bits per heavy atom. The average Bonchev–Trinajstić information content (AvgIpc) is 2.21. The Kier molecular flexibility index (Phi) is 4.85. The highest BCUT2D eigenvalue weighted by Gasteiger charge is 2.21. The van der Waals surface area contributed by atoms with E-state index in [1.165, 1.54) is 18.4 Å². The van der Waals surface area contributed by atoms with Crippen molar-refractivity contribution < 1.29 is 5.11 Å². The summed E-state index contributed by atoms with van der Waals surface area (Å²) in [6, 6.07) is 7.71. The summed E-state index contributed by atoms with van der Waals surface area (Å²) >= 11 is 0. The lowest BCUT2D eigenvalue weighted by molar-refractivity contribution is 0.343. The van der Waals surface area contributed by atoms with Crippen LogP contribution in [-0.4, -0.2) is 5.11 Å². The van der Waals surface area contributed by atoms with Crippen LogP contribution in [0.1, 0.15) is 52.0 Å². The Hall–Kier alpha value is -0.980. The van der Waals surface area contributed by atoms with Gasteiger partial charge in [0.25, 0.3) is 0 Å². The summed E-state index contributed by atoms with van der Waals surface area (Å²) in [7, 11) is 0. The minimum Gasteiger partial charge on any atom is -0.508 e. The Morgan fingerprint density at radius 2 is 1.62 bits per heavy atom. The van der Waals surface area contributed by atoms with Crippen molar-refractivity contribution in [1.29, 1.82) is 0 Å². The molecule has 1 N–H and O–H groups in total. The number of aromatic hydroxyl groups is 1. The van der Waals surface area contributed by atoms with Crippen LogP contribution < -0.4 is 0 Å². The van der Waals surface area contributed by atoms with Crippen molar-refractivity contribution in [2.45, 2.75) is 46.5 Å². The second-order valence-corrected chi connectivity index (χ2v) is 5.13. The van der Waals surface area contributed by atoms with Crippen LogP contribution in [0.4, 0.5) is 0 Å². The highest BCUT2D eigenvalue weighted by Crippen LogP contribution is 2.34. The fourth-order valence-corrected chi connectivity index (χ4v) is 2.70. The lowest BCUT2D eigenvalue weighted by Gasteiger charge is -2.28. The van der Waals surface area contributed by atoms with Gasteiger partial charge < -0.3 is 5.11 Å². The fourth-order valence-electron chi connectivity index (χ4n) is 2.70. The van der Waals surface area contributed by atoms with Crippen LogP contribution >= 0.6 is 0 Å². The third-order valence-electron chi connectivity index (χ3n) is 3.35. The molecule has 1 nitrogen and oxygen atoms in total. The van der Waals surface area contributed by atoms with Crippen LogP contribution in [0.15, 0.2) is 24.3 Å². The van der Waals surface area contributed by atoms with Gasteiger partial charge in [-0.05, 0) is 35.4 Å². The van der Waals surface area contributed by atoms with Crippen LogP contribution in [0, 0.1) is 11.8 Å². The number of hydrogen-bond acceptors (Lipinski definition) is 1. The van der Waals surface area contributed by atoms with Crippen LogP contribution in [0.3, 0.4) is 0 Å². The maximum absolute atomic E-state index is 9.32. The van der Waals surface area contributed by atoms with E-state index in [0.717, 1.165) is 0 Å². The van der Waals surface area contributed by atoms with Gasteiger partial charge in [0.15, 0.2) is 0 Å². The van der Waals surface area contributed by atoms with E-state index in [-0.39, 0.29) is 0 Å². The van der Waals surface area contributed by atoms with E-state index in [4.69, 9.17) is 0 Å². The summed E-state index contributed by atoms with van der Waals surface area (Å²) in [6.45, 7) is 9.14. The predicted molar refractivity (Wildman–Crippen MR) is 69.8 cm³/mol. The second-order valence-electron chi connectivity index (χ2n) is 5.13. The highest BCUT2D eigenvalue weighted by molar-refractivity contribution is 5.29. The molecular weight excluding hydrogens is 196 g/mol. The molecule has 0 fully saturated rings. The zero-order valence-corrected chi connectivity index (χ0v) is 10.9. The third-order valence-corrected chi connectivity index (χ3v) is 3.35. The second kappa shape index (κ2) is 5.93. The number of benzene rings is 1. The SMILES string of the molecule is CCC[C@H](C)[C@@H](c1ccc(O)cc1)C(C)C. The standard InChI is InChI=1S/C15H24O/c1-5-6-12(4)15(11(2)3)13-7-9-14(16)10-8-13/h7-12,15-16H,5-6H2,1-4H3/t12-,15-/m0/s1. The van der Waals surface area contributed by atoms with Gasteiger partial charge in [0.05, 0.1) is 0 Å². The molecule has 1 aromatic rings. The Morgan fingerprint density at radius 1 is 1.06 bits per heavy atom. The summed E-state index contributed by atoms with van der Waals surface area (Å²) in [4.78, 5) is 0. The van der Waals surface area contributed by atoms with Crippen LogP contribution in [0.25, 0.3) is 0 Å². The lowest BCUT2D eigenvalue weighted by Crippen LogP contribution is -2.15. The molecule has 0 bridgehead atoms. The number of phenolic OH excluding ortho intramolecular Hbond substituents is 1. The molecular formula is C15H24O. The van der Waals surface area contributed by atoms with E-state index < -0.39 is 0 Å². The first-order valence-electron chi connectivity index (χ1n) is 6.35. The van der Waals surface area contributed by atoms with E-state index in [1.54, 1.807) is 12.1 Å². The maximum Gasteiger partial charge on any atom is 0.115 e. The highest BCUT2D eigenvalue weighted by atomic mass is 16.3. The van der Waals surface area contributed by atoms with Gasteiger partial charge in [-0.2, -0.15) is 0 Å². The van der Waals surface area contributed by atoms with Crippen molar-refractivity contribution in [3.8, 4) is 5.75 Å². The van der Waals surface area contributed by atoms with Crippen LogP contribution in [0.2, 0.25) is 0 Å². The molecule has 0 saturated heterocycles. The lowest BCUT2D eigenvalue weighted by atomic mass is 9.77. The first kappa shape index (κ1) is 13.1. The number of phenols is 1. The Balaban J connectivity index is 2.89. The van der Waals surface area contributed by atoms with Gasteiger partial charge in [-0.1, -0.05) is 52.7 Å². The monoisotopic (exact) mass is 220 g/mol. The van der Waals surface area contributed by atoms with E-state index in [1.807, 2.05) is 0 Å².